The second-order valence-corrected chi connectivity index (χ2v) is 6.50. The summed E-state index contributed by atoms with van der Waals surface area (Å²) in [6.45, 7) is 1.13. The molecule has 3 rings (SSSR count). The number of aromatic hydroxyl groups is 1. The molecule has 3 N–H and O–H groups in total. The van der Waals surface area contributed by atoms with E-state index >= 15 is 0 Å². The van der Waals surface area contributed by atoms with Crippen LogP contribution in [0.4, 0.5) is 0 Å². The lowest BCUT2D eigenvalue weighted by molar-refractivity contribution is -0.123. The molecule has 2 heterocycles. The zero-order valence-electron chi connectivity index (χ0n) is 15.6. The van der Waals surface area contributed by atoms with Crippen molar-refractivity contribution < 1.29 is 9.90 Å². The van der Waals surface area contributed by atoms with Gasteiger partial charge in [0.1, 0.15) is 11.8 Å². The fraction of sp³-hybridized carbons (Fsp3) is 0.227. The van der Waals surface area contributed by atoms with Gasteiger partial charge in [0.25, 0.3) is 0 Å². The van der Waals surface area contributed by atoms with Gasteiger partial charge in [0, 0.05) is 37.9 Å². The molecule has 1 amide bonds. The van der Waals surface area contributed by atoms with Crippen LogP contribution in [0.1, 0.15) is 22.7 Å². The minimum Gasteiger partial charge on any atom is -0.508 e. The van der Waals surface area contributed by atoms with Crippen LogP contribution < -0.4 is 10.6 Å². The minimum atomic E-state index is -0.544. The molecule has 28 heavy (non-hydrogen) atoms. The van der Waals surface area contributed by atoms with Gasteiger partial charge in [-0.05, 0) is 53.8 Å². The number of nitrogens with one attached hydrogen (secondary N) is 2. The van der Waals surface area contributed by atoms with Crippen molar-refractivity contribution >= 4 is 5.91 Å². The van der Waals surface area contributed by atoms with Crippen molar-refractivity contribution in [3.05, 3.63) is 90.0 Å². The Balaban J connectivity index is 1.60. The van der Waals surface area contributed by atoms with E-state index in [0.717, 1.165) is 23.1 Å². The number of aromatic nitrogens is 2. The SMILES string of the molecule is O=C(NCCc1cccnc1)C(NCCc1cccnc1)c1cccc(O)c1. The fourth-order valence-corrected chi connectivity index (χ4v) is 2.95. The van der Waals surface area contributed by atoms with Crippen molar-refractivity contribution in [1.29, 1.82) is 0 Å². The minimum absolute atomic E-state index is 0.124. The number of hydrogen-bond acceptors (Lipinski definition) is 5. The second kappa shape index (κ2) is 10.2. The van der Waals surface area contributed by atoms with Crippen LogP contribution in [0.5, 0.6) is 5.75 Å². The van der Waals surface area contributed by atoms with Crippen molar-refractivity contribution in [2.75, 3.05) is 13.1 Å². The predicted molar refractivity (Wildman–Crippen MR) is 108 cm³/mol. The first kappa shape index (κ1) is 19.5. The average Bonchev–Trinajstić information content (AvgIpc) is 2.72. The van der Waals surface area contributed by atoms with Crippen molar-refractivity contribution in [2.45, 2.75) is 18.9 Å². The Morgan fingerprint density at radius 3 is 2.21 bits per heavy atom. The number of amides is 1. The van der Waals surface area contributed by atoms with Crippen LogP contribution in [0.3, 0.4) is 0 Å². The molecule has 6 nitrogen and oxygen atoms in total. The zero-order chi connectivity index (χ0) is 19.6. The highest BCUT2D eigenvalue weighted by Gasteiger charge is 2.20. The van der Waals surface area contributed by atoms with Crippen LogP contribution in [0.2, 0.25) is 0 Å². The Hall–Kier alpha value is -3.25. The lowest BCUT2D eigenvalue weighted by Crippen LogP contribution is -2.39. The van der Waals surface area contributed by atoms with Gasteiger partial charge in [-0.15, -0.1) is 0 Å². The summed E-state index contributed by atoms with van der Waals surface area (Å²) >= 11 is 0. The maximum absolute atomic E-state index is 12.8. The van der Waals surface area contributed by atoms with Gasteiger partial charge in [-0.2, -0.15) is 0 Å². The Morgan fingerprint density at radius 2 is 1.61 bits per heavy atom. The summed E-state index contributed by atoms with van der Waals surface area (Å²) in [6.07, 6.45) is 8.55. The Labute approximate surface area is 164 Å². The molecular weight excluding hydrogens is 352 g/mol. The van der Waals surface area contributed by atoms with Gasteiger partial charge in [-0.1, -0.05) is 24.3 Å². The predicted octanol–water partition coefficient (Wildman–Crippen LogP) is 2.41. The van der Waals surface area contributed by atoms with E-state index in [0.29, 0.717) is 19.5 Å². The van der Waals surface area contributed by atoms with Gasteiger partial charge in [0.2, 0.25) is 5.91 Å². The van der Waals surface area contributed by atoms with Gasteiger partial charge in [-0.25, -0.2) is 0 Å². The summed E-state index contributed by atoms with van der Waals surface area (Å²) in [5, 5.41) is 16.1. The molecule has 3 aromatic rings. The van der Waals surface area contributed by atoms with E-state index in [1.807, 2.05) is 36.5 Å². The first-order chi connectivity index (χ1) is 13.7. The summed E-state index contributed by atoms with van der Waals surface area (Å²) in [5.74, 6) is 0.0143. The van der Waals surface area contributed by atoms with Gasteiger partial charge < -0.3 is 15.7 Å². The highest BCUT2D eigenvalue weighted by atomic mass is 16.3. The molecule has 1 aromatic carbocycles. The molecule has 0 aliphatic heterocycles. The van der Waals surface area contributed by atoms with Crippen molar-refractivity contribution in [3.63, 3.8) is 0 Å². The highest BCUT2D eigenvalue weighted by molar-refractivity contribution is 5.83. The third-order valence-corrected chi connectivity index (χ3v) is 4.39. The Kier molecular flexibility index (Phi) is 7.09. The molecule has 0 spiro atoms. The van der Waals surface area contributed by atoms with E-state index in [4.69, 9.17) is 0 Å². The molecule has 1 unspecified atom stereocenters. The van der Waals surface area contributed by atoms with Gasteiger partial charge >= 0.3 is 0 Å². The largest absolute Gasteiger partial charge is 0.508 e. The Morgan fingerprint density at radius 1 is 0.929 bits per heavy atom. The van der Waals surface area contributed by atoms with Crippen LogP contribution in [0.25, 0.3) is 0 Å². The number of nitrogens with zero attached hydrogens (tertiary/aromatic N) is 2. The topological polar surface area (TPSA) is 87.1 Å². The molecule has 1 atom stereocenters. The standard InChI is InChI=1S/C22H24N4O2/c27-20-7-1-6-19(14-20)21(25-12-8-17-4-2-10-23-15-17)22(28)26-13-9-18-5-3-11-24-16-18/h1-7,10-11,14-16,21,25,27H,8-9,12-13H2,(H,26,28). The van der Waals surface area contributed by atoms with Crippen molar-refractivity contribution in [1.82, 2.24) is 20.6 Å². The number of hydrogen-bond donors (Lipinski definition) is 3. The molecule has 0 radical (unpaired) electrons. The third-order valence-electron chi connectivity index (χ3n) is 4.39. The molecule has 144 valence electrons. The maximum atomic E-state index is 12.8. The summed E-state index contributed by atoms with van der Waals surface area (Å²) in [6, 6.07) is 14.0. The molecule has 0 saturated heterocycles. The number of phenolic OH excluding ortho intramolecular Hbond substituents is 1. The average molecular weight is 376 g/mol. The van der Waals surface area contributed by atoms with Gasteiger partial charge in [-0.3, -0.25) is 14.8 Å². The molecule has 2 aromatic heterocycles. The van der Waals surface area contributed by atoms with Crippen molar-refractivity contribution in [2.24, 2.45) is 0 Å². The molecule has 0 saturated carbocycles. The number of carbonyl (C=O) groups excluding carboxylic acids is 1. The number of rotatable bonds is 9. The van der Waals surface area contributed by atoms with Crippen LogP contribution >= 0.6 is 0 Å². The summed E-state index contributed by atoms with van der Waals surface area (Å²) in [5.41, 5.74) is 2.90. The maximum Gasteiger partial charge on any atom is 0.241 e. The van der Waals surface area contributed by atoms with Gasteiger partial charge in [0.15, 0.2) is 0 Å². The van der Waals surface area contributed by atoms with Gasteiger partial charge in [0.05, 0.1) is 0 Å². The number of carbonyl (C=O) groups is 1. The van der Waals surface area contributed by atoms with Crippen molar-refractivity contribution in [3.8, 4) is 5.75 Å². The van der Waals surface area contributed by atoms with E-state index in [9.17, 15) is 9.90 Å². The van der Waals surface area contributed by atoms with Crippen LogP contribution in [0.15, 0.2) is 73.3 Å². The van der Waals surface area contributed by atoms with E-state index < -0.39 is 6.04 Å². The van der Waals surface area contributed by atoms with Crippen LogP contribution in [-0.2, 0) is 17.6 Å². The first-order valence-electron chi connectivity index (χ1n) is 9.30. The number of benzene rings is 1. The smallest absolute Gasteiger partial charge is 0.241 e. The van der Waals surface area contributed by atoms with Crippen LogP contribution in [0, 0.1) is 0 Å². The quantitative estimate of drug-likeness (QED) is 0.534. The van der Waals surface area contributed by atoms with E-state index in [1.165, 1.54) is 0 Å². The molecular formula is C22H24N4O2. The normalized spacial score (nSPS) is 11.7. The summed E-state index contributed by atoms with van der Waals surface area (Å²) in [7, 11) is 0. The highest BCUT2D eigenvalue weighted by Crippen LogP contribution is 2.18. The molecule has 0 aliphatic rings. The second-order valence-electron chi connectivity index (χ2n) is 6.50. The van der Waals surface area contributed by atoms with E-state index in [-0.39, 0.29) is 11.7 Å². The molecule has 0 bridgehead atoms. The summed E-state index contributed by atoms with van der Waals surface area (Å²) < 4.78 is 0. The molecule has 0 aliphatic carbocycles. The third kappa shape index (κ3) is 5.89. The monoisotopic (exact) mass is 376 g/mol. The fourth-order valence-electron chi connectivity index (χ4n) is 2.95. The van der Waals surface area contributed by atoms with E-state index in [2.05, 4.69) is 20.6 Å². The number of phenols is 1. The zero-order valence-corrected chi connectivity index (χ0v) is 15.6. The van der Waals surface area contributed by atoms with E-state index in [1.54, 1.807) is 36.8 Å². The number of pyridine rings is 2. The molecule has 6 heteroatoms. The van der Waals surface area contributed by atoms with Crippen LogP contribution in [-0.4, -0.2) is 34.1 Å². The lowest BCUT2D eigenvalue weighted by Gasteiger charge is -2.19. The Bertz CT molecular complexity index is 872. The summed E-state index contributed by atoms with van der Waals surface area (Å²) in [4.78, 5) is 21.0. The molecule has 0 fully saturated rings. The first-order valence-corrected chi connectivity index (χ1v) is 9.30. The lowest BCUT2D eigenvalue weighted by atomic mass is 10.0.